The molecule has 0 unspecified atom stereocenters. The van der Waals surface area contributed by atoms with E-state index in [1.165, 1.54) is 0 Å². The summed E-state index contributed by atoms with van der Waals surface area (Å²) in [6, 6.07) is 9.63. The monoisotopic (exact) mass is 319 g/mol. The molecule has 1 aliphatic heterocycles. The molecule has 1 fully saturated rings. The highest BCUT2D eigenvalue weighted by molar-refractivity contribution is 7.89. The molecule has 0 spiro atoms. The second-order valence-electron chi connectivity index (χ2n) is 5.89. The minimum Gasteiger partial charge on any atom is -0.268 e. The number of sulfonamides is 1. The highest BCUT2D eigenvalue weighted by Crippen LogP contribution is 2.30. The molecule has 0 radical (unpaired) electrons. The third-order valence-electron chi connectivity index (χ3n) is 3.96. The maximum atomic E-state index is 12.9. The first kappa shape index (κ1) is 15.2. The van der Waals surface area contributed by atoms with E-state index in [-0.39, 0.29) is 6.04 Å². The van der Waals surface area contributed by atoms with Crippen molar-refractivity contribution in [3.8, 4) is 11.3 Å². The van der Waals surface area contributed by atoms with Crippen LogP contribution in [0, 0.1) is 0 Å². The van der Waals surface area contributed by atoms with E-state index in [1.807, 2.05) is 44.2 Å². The molecule has 0 atom stereocenters. The average molecular weight is 319 g/mol. The van der Waals surface area contributed by atoms with Crippen molar-refractivity contribution >= 4 is 10.0 Å². The van der Waals surface area contributed by atoms with Crippen molar-refractivity contribution in [3.05, 3.63) is 36.5 Å². The Morgan fingerprint density at radius 1 is 1.09 bits per heavy atom. The summed E-state index contributed by atoms with van der Waals surface area (Å²) in [5.41, 5.74) is 1.38. The van der Waals surface area contributed by atoms with Gasteiger partial charge in [-0.05, 0) is 26.7 Å². The Hall–Kier alpha value is -1.66. The predicted molar refractivity (Wildman–Crippen MR) is 86.0 cm³/mol. The smallest absolute Gasteiger partial charge is 0.246 e. The van der Waals surface area contributed by atoms with Crippen LogP contribution < -0.4 is 0 Å². The lowest BCUT2D eigenvalue weighted by molar-refractivity contribution is 0.477. The number of hydrogen-bond donors (Lipinski definition) is 0. The summed E-state index contributed by atoms with van der Waals surface area (Å²) in [6.07, 6.45) is 3.52. The third-order valence-corrected chi connectivity index (χ3v) is 5.86. The molecule has 0 aliphatic carbocycles. The Balaban J connectivity index is 2.14. The van der Waals surface area contributed by atoms with Crippen molar-refractivity contribution in [2.45, 2.75) is 37.6 Å². The maximum Gasteiger partial charge on any atom is 0.246 e. The Labute approximate surface area is 131 Å². The fraction of sp³-hybridized carbons (Fsp3) is 0.438. The van der Waals surface area contributed by atoms with Crippen molar-refractivity contribution in [1.82, 2.24) is 14.1 Å². The normalized spacial score (nSPS) is 16.5. The fourth-order valence-corrected chi connectivity index (χ4v) is 4.35. The molecule has 5 nitrogen and oxygen atoms in total. The maximum absolute atomic E-state index is 12.9. The zero-order valence-electron chi connectivity index (χ0n) is 12.9. The second kappa shape index (κ2) is 5.85. The van der Waals surface area contributed by atoms with E-state index in [0.29, 0.717) is 23.7 Å². The number of aromatic nitrogens is 2. The van der Waals surface area contributed by atoms with E-state index in [0.717, 1.165) is 18.4 Å². The lowest BCUT2D eigenvalue weighted by Gasteiger charge is -2.15. The minimum atomic E-state index is -3.48. The summed E-state index contributed by atoms with van der Waals surface area (Å²) in [4.78, 5) is 0.314. The van der Waals surface area contributed by atoms with Gasteiger partial charge in [0.05, 0.1) is 0 Å². The molecule has 2 heterocycles. The zero-order valence-corrected chi connectivity index (χ0v) is 13.8. The van der Waals surface area contributed by atoms with Gasteiger partial charge in [-0.2, -0.15) is 9.40 Å². The van der Waals surface area contributed by atoms with Crippen LogP contribution in [-0.4, -0.2) is 35.6 Å². The van der Waals surface area contributed by atoms with Crippen LogP contribution in [0.3, 0.4) is 0 Å². The van der Waals surface area contributed by atoms with Crippen LogP contribution in [0.15, 0.2) is 41.4 Å². The highest BCUT2D eigenvalue weighted by atomic mass is 32.2. The van der Waals surface area contributed by atoms with Crippen LogP contribution in [0.1, 0.15) is 32.7 Å². The van der Waals surface area contributed by atoms with Crippen LogP contribution in [0.5, 0.6) is 0 Å². The van der Waals surface area contributed by atoms with Gasteiger partial charge in [-0.25, -0.2) is 8.42 Å². The van der Waals surface area contributed by atoms with Crippen molar-refractivity contribution in [2.24, 2.45) is 0 Å². The van der Waals surface area contributed by atoms with Gasteiger partial charge in [0.1, 0.15) is 10.6 Å². The Morgan fingerprint density at radius 2 is 1.73 bits per heavy atom. The topological polar surface area (TPSA) is 55.2 Å². The molecule has 1 aliphatic rings. The molecule has 118 valence electrons. The summed E-state index contributed by atoms with van der Waals surface area (Å²) < 4.78 is 29.2. The number of nitrogens with zero attached hydrogens (tertiary/aromatic N) is 3. The molecule has 3 rings (SSSR count). The van der Waals surface area contributed by atoms with Crippen molar-refractivity contribution in [1.29, 1.82) is 0 Å². The van der Waals surface area contributed by atoms with Gasteiger partial charge >= 0.3 is 0 Å². The minimum absolute atomic E-state index is 0.116. The van der Waals surface area contributed by atoms with Crippen molar-refractivity contribution in [2.75, 3.05) is 13.1 Å². The van der Waals surface area contributed by atoms with Crippen LogP contribution in [0.2, 0.25) is 0 Å². The molecule has 22 heavy (non-hydrogen) atoms. The first-order chi connectivity index (χ1) is 10.5. The number of rotatable bonds is 4. The molecule has 0 bridgehead atoms. The molecule has 0 amide bonds. The van der Waals surface area contributed by atoms with E-state index in [1.54, 1.807) is 15.2 Å². The Morgan fingerprint density at radius 3 is 2.32 bits per heavy atom. The molecule has 0 N–H and O–H groups in total. The summed E-state index contributed by atoms with van der Waals surface area (Å²) >= 11 is 0. The molecular weight excluding hydrogens is 298 g/mol. The van der Waals surface area contributed by atoms with Crippen molar-refractivity contribution < 1.29 is 8.42 Å². The van der Waals surface area contributed by atoms with Gasteiger partial charge in [-0.3, -0.25) is 4.68 Å². The van der Waals surface area contributed by atoms with Crippen LogP contribution in [0.4, 0.5) is 0 Å². The van der Waals surface area contributed by atoms with E-state index in [4.69, 9.17) is 0 Å². The zero-order chi connectivity index (χ0) is 15.7. The van der Waals surface area contributed by atoms with Gasteiger partial charge < -0.3 is 0 Å². The lowest BCUT2D eigenvalue weighted by Crippen LogP contribution is -2.28. The van der Waals surface area contributed by atoms with E-state index >= 15 is 0 Å². The summed E-state index contributed by atoms with van der Waals surface area (Å²) in [7, 11) is -3.48. The van der Waals surface area contributed by atoms with Crippen LogP contribution in [0.25, 0.3) is 11.3 Å². The summed E-state index contributed by atoms with van der Waals surface area (Å²) in [5, 5.41) is 4.53. The van der Waals surface area contributed by atoms with E-state index < -0.39 is 10.0 Å². The first-order valence-electron chi connectivity index (χ1n) is 7.65. The lowest BCUT2D eigenvalue weighted by atomic mass is 10.2. The largest absolute Gasteiger partial charge is 0.268 e. The number of benzene rings is 1. The highest BCUT2D eigenvalue weighted by Gasteiger charge is 2.32. The van der Waals surface area contributed by atoms with Crippen LogP contribution in [-0.2, 0) is 10.0 Å². The molecule has 6 heteroatoms. The van der Waals surface area contributed by atoms with E-state index in [9.17, 15) is 8.42 Å². The van der Waals surface area contributed by atoms with Gasteiger partial charge in [0, 0.05) is 30.9 Å². The molecule has 1 saturated heterocycles. The van der Waals surface area contributed by atoms with Crippen LogP contribution >= 0.6 is 0 Å². The van der Waals surface area contributed by atoms with Gasteiger partial charge in [0.15, 0.2) is 0 Å². The van der Waals surface area contributed by atoms with E-state index in [2.05, 4.69) is 5.10 Å². The fourth-order valence-electron chi connectivity index (χ4n) is 2.69. The van der Waals surface area contributed by atoms with Crippen molar-refractivity contribution in [3.63, 3.8) is 0 Å². The third kappa shape index (κ3) is 2.68. The molecular formula is C16H21N3O2S. The predicted octanol–water partition coefficient (Wildman–Crippen LogP) is 2.92. The quantitative estimate of drug-likeness (QED) is 0.870. The van der Waals surface area contributed by atoms with Gasteiger partial charge in [0.25, 0.3) is 0 Å². The Kier molecular flexibility index (Phi) is 4.06. The first-order valence-corrected chi connectivity index (χ1v) is 9.09. The molecule has 0 saturated carbocycles. The standard InChI is InChI=1S/C16H21N3O2S/c1-13(2)19-12-15(22(20,21)18-10-6-7-11-18)16(17-19)14-8-4-3-5-9-14/h3-5,8-9,12-13H,6-7,10-11H2,1-2H3. The summed E-state index contributed by atoms with van der Waals surface area (Å²) in [5.74, 6) is 0. The SMILES string of the molecule is CC(C)n1cc(S(=O)(=O)N2CCCC2)c(-c2ccccc2)n1. The number of hydrogen-bond acceptors (Lipinski definition) is 3. The summed E-state index contributed by atoms with van der Waals surface area (Å²) in [6.45, 7) is 5.19. The second-order valence-corrected chi connectivity index (χ2v) is 7.80. The molecule has 1 aromatic carbocycles. The van der Waals surface area contributed by atoms with Gasteiger partial charge in [0.2, 0.25) is 10.0 Å². The molecule has 1 aromatic heterocycles. The van der Waals surface area contributed by atoms with Gasteiger partial charge in [-0.1, -0.05) is 30.3 Å². The average Bonchev–Trinajstić information content (AvgIpc) is 3.18. The van der Waals surface area contributed by atoms with Gasteiger partial charge in [-0.15, -0.1) is 0 Å². The Bertz CT molecular complexity index is 745. The molecule has 2 aromatic rings.